The minimum atomic E-state index is 0.541. The first-order valence-electron chi connectivity index (χ1n) is 6.48. The fourth-order valence-electron chi connectivity index (χ4n) is 1.94. The van der Waals surface area contributed by atoms with Crippen molar-refractivity contribution in [1.29, 1.82) is 0 Å². The van der Waals surface area contributed by atoms with Gasteiger partial charge in [0.2, 0.25) is 5.16 Å². The van der Waals surface area contributed by atoms with Crippen LogP contribution < -0.4 is 5.84 Å². The van der Waals surface area contributed by atoms with Crippen molar-refractivity contribution in [1.82, 2.24) is 14.9 Å². The maximum atomic E-state index is 6.08. The van der Waals surface area contributed by atoms with Gasteiger partial charge in [-0.05, 0) is 17.7 Å². The number of hydrogen-bond acceptors (Lipinski definition) is 4. The Morgan fingerprint density at radius 1 is 1.00 bits per heavy atom. The molecule has 0 amide bonds. The summed E-state index contributed by atoms with van der Waals surface area (Å²) in [6.45, 7) is 0. The molecule has 0 aliphatic carbocycles. The molecule has 0 bridgehead atoms. The molecule has 1 heterocycles. The molecule has 0 saturated heterocycles. The number of nitrogens with zero attached hydrogens (tertiary/aromatic N) is 3. The summed E-state index contributed by atoms with van der Waals surface area (Å²) < 4.78 is 1.50. The highest BCUT2D eigenvalue weighted by molar-refractivity contribution is 7.98. The summed E-state index contributed by atoms with van der Waals surface area (Å²) in [5, 5.41) is 10.0. The molecule has 7 heteroatoms. The third-order valence-electron chi connectivity index (χ3n) is 3.05. The first-order chi connectivity index (χ1) is 10.6. The van der Waals surface area contributed by atoms with E-state index in [9.17, 15) is 0 Å². The van der Waals surface area contributed by atoms with Crippen LogP contribution in [0, 0.1) is 0 Å². The molecule has 3 aromatic rings. The summed E-state index contributed by atoms with van der Waals surface area (Å²) in [5.41, 5.74) is 1.97. The Morgan fingerprint density at radius 2 is 1.77 bits per heavy atom. The number of rotatable bonds is 4. The fourth-order valence-corrected chi connectivity index (χ4v) is 3.06. The van der Waals surface area contributed by atoms with Crippen LogP contribution in [0.3, 0.4) is 0 Å². The lowest BCUT2D eigenvalue weighted by Crippen LogP contribution is -2.11. The van der Waals surface area contributed by atoms with Crippen LogP contribution in [0.25, 0.3) is 11.4 Å². The third kappa shape index (κ3) is 3.21. The summed E-state index contributed by atoms with van der Waals surface area (Å²) >= 11 is 13.4. The van der Waals surface area contributed by atoms with E-state index in [1.807, 2.05) is 42.5 Å². The smallest absolute Gasteiger partial charge is 0.210 e. The SMILES string of the molecule is Nn1c(SCc2ccc(Cl)c(Cl)c2)nnc1-c1ccccc1. The summed E-state index contributed by atoms with van der Waals surface area (Å²) in [7, 11) is 0. The second kappa shape index (κ2) is 6.60. The molecule has 0 fully saturated rings. The molecular formula is C15H12Cl2N4S. The highest BCUT2D eigenvalue weighted by atomic mass is 35.5. The lowest BCUT2D eigenvalue weighted by atomic mass is 10.2. The Hall–Kier alpha value is -1.69. The molecule has 1 aromatic heterocycles. The van der Waals surface area contributed by atoms with E-state index >= 15 is 0 Å². The fraction of sp³-hybridized carbons (Fsp3) is 0.0667. The van der Waals surface area contributed by atoms with Crippen LogP contribution in [0.2, 0.25) is 10.0 Å². The van der Waals surface area contributed by atoms with Gasteiger partial charge in [0.25, 0.3) is 0 Å². The molecule has 0 unspecified atom stereocenters. The molecule has 0 spiro atoms. The molecular weight excluding hydrogens is 339 g/mol. The van der Waals surface area contributed by atoms with Gasteiger partial charge in [0.15, 0.2) is 5.82 Å². The Bertz CT molecular complexity index is 789. The quantitative estimate of drug-likeness (QED) is 0.564. The van der Waals surface area contributed by atoms with Crippen molar-refractivity contribution in [2.45, 2.75) is 10.9 Å². The van der Waals surface area contributed by atoms with Crippen LogP contribution in [0.1, 0.15) is 5.56 Å². The Balaban J connectivity index is 1.76. The molecule has 4 nitrogen and oxygen atoms in total. The highest BCUT2D eigenvalue weighted by Crippen LogP contribution is 2.27. The van der Waals surface area contributed by atoms with E-state index in [1.54, 1.807) is 6.07 Å². The van der Waals surface area contributed by atoms with Gasteiger partial charge in [-0.25, -0.2) is 4.68 Å². The van der Waals surface area contributed by atoms with Gasteiger partial charge < -0.3 is 5.84 Å². The molecule has 0 aliphatic rings. The largest absolute Gasteiger partial charge is 0.335 e. The summed E-state index contributed by atoms with van der Waals surface area (Å²) in [4.78, 5) is 0. The van der Waals surface area contributed by atoms with Crippen LogP contribution in [0.15, 0.2) is 53.7 Å². The average Bonchev–Trinajstić information content (AvgIpc) is 2.90. The van der Waals surface area contributed by atoms with Gasteiger partial charge in [-0.1, -0.05) is 71.4 Å². The van der Waals surface area contributed by atoms with Gasteiger partial charge in [-0.3, -0.25) is 0 Å². The van der Waals surface area contributed by atoms with Crippen molar-refractivity contribution >= 4 is 35.0 Å². The zero-order chi connectivity index (χ0) is 15.5. The van der Waals surface area contributed by atoms with Gasteiger partial charge >= 0.3 is 0 Å². The van der Waals surface area contributed by atoms with Crippen LogP contribution in [0.4, 0.5) is 0 Å². The molecule has 0 radical (unpaired) electrons. The second-order valence-corrected chi connectivity index (χ2v) is 6.34. The third-order valence-corrected chi connectivity index (χ3v) is 4.80. The van der Waals surface area contributed by atoms with Gasteiger partial charge in [0.05, 0.1) is 10.0 Å². The Kier molecular flexibility index (Phi) is 4.57. The lowest BCUT2D eigenvalue weighted by Gasteiger charge is -2.04. The van der Waals surface area contributed by atoms with Crippen molar-refractivity contribution in [3.05, 3.63) is 64.1 Å². The molecule has 3 rings (SSSR count). The van der Waals surface area contributed by atoms with Gasteiger partial charge in [-0.15, -0.1) is 10.2 Å². The first kappa shape index (κ1) is 15.2. The summed E-state index contributed by atoms with van der Waals surface area (Å²) in [6.07, 6.45) is 0. The van der Waals surface area contributed by atoms with E-state index < -0.39 is 0 Å². The molecule has 2 N–H and O–H groups in total. The molecule has 22 heavy (non-hydrogen) atoms. The second-order valence-electron chi connectivity index (χ2n) is 4.58. The number of nitrogen functional groups attached to an aromatic ring is 1. The standard InChI is InChI=1S/C15H12Cl2N4S/c16-12-7-6-10(8-13(12)17)9-22-15-20-19-14(21(15)18)11-4-2-1-3-5-11/h1-8H,9,18H2. The van der Waals surface area contributed by atoms with Crippen molar-refractivity contribution in [3.8, 4) is 11.4 Å². The van der Waals surface area contributed by atoms with E-state index in [1.165, 1.54) is 16.4 Å². The van der Waals surface area contributed by atoms with E-state index in [0.29, 0.717) is 26.8 Å². The zero-order valence-electron chi connectivity index (χ0n) is 11.4. The number of halogens is 2. The van der Waals surface area contributed by atoms with Crippen molar-refractivity contribution in [2.75, 3.05) is 5.84 Å². The summed E-state index contributed by atoms with van der Waals surface area (Å²) in [5.74, 6) is 7.40. The predicted octanol–water partition coefficient (Wildman–Crippen LogP) is 4.26. The van der Waals surface area contributed by atoms with E-state index in [0.717, 1.165) is 11.1 Å². The molecule has 0 saturated carbocycles. The van der Waals surface area contributed by atoms with E-state index in [4.69, 9.17) is 29.0 Å². The van der Waals surface area contributed by atoms with Gasteiger partial charge in [0.1, 0.15) is 0 Å². The van der Waals surface area contributed by atoms with Crippen molar-refractivity contribution < 1.29 is 0 Å². The number of aromatic nitrogens is 3. The van der Waals surface area contributed by atoms with Crippen molar-refractivity contribution in [3.63, 3.8) is 0 Å². The zero-order valence-corrected chi connectivity index (χ0v) is 13.7. The number of thioether (sulfide) groups is 1. The highest BCUT2D eigenvalue weighted by Gasteiger charge is 2.12. The number of nitrogens with two attached hydrogens (primary N) is 1. The minimum Gasteiger partial charge on any atom is -0.335 e. The maximum Gasteiger partial charge on any atom is 0.210 e. The maximum absolute atomic E-state index is 6.08. The van der Waals surface area contributed by atoms with E-state index in [2.05, 4.69) is 10.2 Å². The van der Waals surface area contributed by atoms with Gasteiger partial charge in [-0.2, -0.15) is 0 Å². The molecule has 2 aromatic carbocycles. The molecule has 0 aliphatic heterocycles. The first-order valence-corrected chi connectivity index (χ1v) is 8.22. The normalized spacial score (nSPS) is 10.8. The lowest BCUT2D eigenvalue weighted by molar-refractivity contribution is 0.849. The Labute approximate surface area is 142 Å². The van der Waals surface area contributed by atoms with Crippen molar-refractivity contribution in [2.24, 2.45) is 0 Å². The average molecular weight is 351 g/mol. The Morgan fingerprint density at radius 3 is 2.50 bits per heavy atom. The van der Waals surface area contributed by atoms with E-state index in [-0.39, 0.29) is 0 Å². The number of hydrogen-bond donors (Lipinski definition) is 1. The van der Waals surface area contributed by atoms with Gasteiger partial charge in [0, 0.05) is 11.3 Å². The monoisotopic (exact) mass is 350 g/mol. The minimum absolute atomic E-state index is 0.541. The number of benzene rings is 2. The topological polar surface area (TPSA) is 56.7 Å². The van der Waals surface area contributed by atoms with Crippen LogP contribution in [-0.2, 0) is 5.75 Å². The molecule has 112 valence electrons. The predicted molar refractivity (Wildman–Crippen MR) is 91.6 cm³/mol. The van der Waals surface area contributed by atoms with Crippen LogP contribution in [0.5, 0.6) is 0 Å². The molecule has 0 atom stereocenters. The summed E-state index contributed by atoms with van der Waals surface area (Å²) in [6, 6.07) is 15.3. The van der Waals surface area contributed by atoms with Crippen LogP contribution in [-0.4, -0.2) is 14.9 Å². The van der Waals surface area contributed by atoms with Crippen LogP contribution >= 0.6 is 35.0 Å².